The predicted octanol–water partition coefficient (Wildman–Crippen LogP) is 2.67. The maximum absolute atomic E-state index is 12.0. The fraction of sp³-hybridized carbons (Fsp3) is 0.357. The van der Waals surface area contributed by atoms with Crippen LogP contribution >= 0.6 is 0 Å². The summed E-state index contributed by atoms with van der Waals surface area (Å²) in [6.45, 7) is 4.22. The third-order valence-electron chi connectivity index (χ3n) is 3.00. The predicted molar refractivity (Wildman–Crippen MR) is 69.5 cm³/mol. The Morgan fingerprint density at radius 1 is 1.39 bits per heavy atom. The largest absolute Gasteiger partial charge is 0.292 e. The van der Waals surface area contributed by atoms with E-state index in [1.54, 1.807) is 18.3 Å². The van der Waals surface area contributed by atoms with Crippen LogP contribution in [0, 0.1) is 0 Å². The molecule has 0 amide bonds. The number of aromatic nitrogens is 3. The number of rotatable bonds is 5. The van der Waals surface area contributed by atoms with Crippen molar-refractivity contribution < 1.29 is 4.79 Å². The highest BCUT2D eigenvalue weighted by atomic mass is 16.1. The molecule has 0 aliphatic heterocycles. The van der Waals surface area contributed by atoms with Gasteiger partial charge in [-0.2, -0.15) is 5.10 Å². The van der Waals surface area contributed by atoms with E-state index in [-0.39, 0.29) is 5.78 Å². The molecule has 0 bridgehead atoms. The molecule has 0 spiro atoms. The number of carbonyl (C=O) groups is 1. The van der Waals surface area contributed by atoms with Crippen LogP contribution in [0.25, 0.3) is 0 Å². The van der Waals surface area contributed by atoms with Gasteiger partial charge >= 0.3 is 0 Å². The van der Waals surface area contributed by atoms with Crippen molar-refractivity contribution in [1.82, 2.24) is 14.8 Å². The minimum absolute atomic E-state index is 0.00463. The fourth-order valence-electron chi connectivity index (χ4n) is 1.69. The molecule has 0 N–H and O–H groups in total. The highest BCUT2D eigenvalue weighted by Gasteiger charge is 2.11. The Labute approximate surface area is 107 Å². The SMILES string of the molecule is CCC(C)n1ccc(CC(=O)c2ccccn2)n1. The maximum Gasteiger partial charge on any atom is 0.187 e. The molecule has 0 saturated carbocycles. The van der Waals surface area contributed by atoms with Crippen molar-refractivity contribution in [3.63, 3.8) is 0 Å². The molecule has 2 aromatic heterocycles. The molecule has 18 heavy (non-hydrogen) atoms. The quantitative estimate of drug-likeness (QED) is 0.758. The molecule has 94 valence electrons. The summed E-state index contributed by atoms with van der Waals surface area (Å²) in [6.07, 6.45) is 4.88. The summed E-state index contributed by atoms with van der Waals surface area (Å²) in [5, 5.41) is 4.41. The minimum Gasteiger partial charge on any atom is -0.292 e. The van der Waals surface area contributed by atoms with E-state index in [2.05, 4.69) is 23.9 Å². The first kappa shape index (κ1) is 12.5. The lowest BCUT2D eigenvalue weighted by Crippen LogP contribution is -2.08. The monoisotopic (exact) mass is 243 g/mol. The summed E-state index contributed by atoms with van der Waals surface area (Å²) >= 11 is 0. The van der Waals surface area contributed by atoms with Gasteiger partial charge < -0.3 is 0 Å². The average molecular weight is 243 g/mol. The summed E-state index contributed by atoms with van der Waals surface area (Å²) in [5.74, 6) is 0.00463. The van der Waals surface area contributed by atoms with Crippen molar-refractivity contribution in [3.05, 3.63) is 48.0 Å². The number of carbonyl (C=O) groups excluding carboxylic acids is 1. The van der Waals surface area contributed by atoms with Crippen molar-refractivity contribution in [2.45, 2.75) is 32.7 Å². The zero-order valence-corrected chi connectivity index (χ0v) is 10.7. The van der Waals surface area contributed by atoms with Crippen molar-refractivity contribution in [1.29, 1.82) is 0 Å². The van der Waals surface area contributed by atoms with Gasteiger partial charge in [0.25, 0.3) is 0 Å². The van der Waals surface area contributed by atoms with Crippen LogP contribution in [0.2, 0.25) is 0 Å². The molecular formula is C14H17N3O. The molecule has 0 aromatic carbocycles. The van der Waals surface area contributed by atoms with Gasteiger partial charge in [-0.1, -0.05) is 13.0 Å². The maximum atomic E-state index is 12.0. The Morgan fingerprint density at radius 2 is 2.22 bits per heavy atom. The van der Waals surface area contributed by atoms with Crippen LogP contribution in [0.3, 0.4) is 0 Å². The number of ketones is 1. The first-order valence-electron chi connectivity index (χ1n) is 6.19. The van der Waals surface area contributed by atoms with E-state index in [9.17, 15) is 4.79 Å². The second kappa shape index (κ2) is 5.58. The van der Waals surface area contributed by atoms with Gasteiger partial charge in [-0.05, 0) is 31.5 Å². The zero-order chi connectivity index (χ0) is 13.0. The number of pyridine rings is 1. The topological polar surface area (TPSA) is 47.8 Å². The lowest BCUT2D eigenvalue weighted by atomic mass is 10.1. The molecule has 4 nitrogen and oxygen atoms in total. The van der Waals surface area contributed by atoms with E-state index < -0.39 is 0 Å². The Hall–Kier alpha value is -1.97. The molecule has 4 heteroatoms. The van der Waals surface area contributed by atoms with Crippen molar-refractivity contribution >= 4 is 5.78 Å². The van der Waals surface area contributed by atoms with E-state index in [1.165, 1.54) is 0 Å². The summed E-state index contributed by atoms with van der Waals surface area (Å²) in [5.41, 5.74) is 1.29. The molecule has 0 aliphatic carbocycles. The first-order valence-corrected chi connectivity index (χ1v) is 6.19. The standard InChI is InChI=1S/C14H17N3O/c1-3-11(2)17-9-7-12(16-17)10-14(18)13-6-4-5-8-15-13/h4-9,11H,3,10H2,1-2H3. The van der Waals surface area contributed by atoms with Crippen LogP contribution in [-0.2, 0) is 6.42 Å². The van der Waals surface area contributed by atoms with Crippen molar-refractivity contribution in [2.24, 2.45) is 0 Å². The van der Waals surface area contributed by atoms with Gasteiger partial charge in [-0.25, -0.2) is 0 Å². The summed E-state index contributed by atoms with van der Waals surface area (Å²) in [4.78, 5) is 16.0. The first-order chi connectivity index (χ1) is 8.70. The number of hydrogen-bond acceptors (Lipinski definition) is 3. The van der Waals surface area contributed by atoms with Crippen molar-refractivity contribution in [3.8, 4) is 0 Å². The molecule has 1 unspecified atom stereocenters. The van der Waals surface area contributed by atoms with E-state index >= 15 is 0 Å². The number of nitrogens with zero attached hydrogens (tertiary/aromatic N) is 3. The van der Waals surface area contributed by atoms with Gasteiger partial charge in [0, 0.05) is 18.4 Å². The number of Topliss-reactive ketones (excluding diaryl/α,β-unsaturated/α-hetero) is 1. The van der Waals surface area contributed by atoms with Gasteiger partial charge in [0.1, 0.15) is 5.69 Å². The van der Waals surface area contributed by atoms with Crippen molar-refractivity contribution in [2.75, 3.05) is 0 Å². The zero-order valence-electron chi connectivity index (χ0n) is 10.7. The van der Waals surface area contributed by atoms with Gasteiger partial charge in [-0.15, -0.1) is 0 Å². The second-order valence-electron chi connectivity index (χ2n) is 4.36. The lowest BCUT2D eigenvalue weighted by molar-refractivity contribution is 0.0987. The van der Waals surface area contributed by atoms with Crippen LogP contribution in [-0.4, -0.2) is 20.5 Å². The lowest BCUT2D eigenvalue weighted by Gasteiger charge is -2.07. The van der Waals surface area contributed by atoms with Crippen LogP contribution in [0.4, 0.5) is 0 Å². The fourth-order valence-corrected chi connectivity index (χ4v) is 1.69. The van der Waals surface area contributed by atoms with Gasteiger partial charge in [0.2, 0.25) is 0 Å². The van der Waals surface area contributed by atoms with Crippen LogP contribution in [0.5, 0.6) is 0 Å². The molecule has 0 radical (unpaired) electrons. The van der Waals surface area contributed by atoms with Gasteiger partial charge in [-0.3, -0.25) is 14.5 Å². The molecule has 0 saturated heterocycles. The van der Waals surface area contributed by atoms with Crippen LogP contribution in [0.15, 0.2) is 36.7 Å². The van der Waals surface area contributed by atoms with E-state index in [1.807, 2.05) is 23.0 Å². The molecule has 2 rings (SSSR count). The summed E-state index contributed by atoms with van der Waals surface area (Å²) in [7, 11) is 0. The summed E-state index contributed by atoms with van der Waals surface area (Å²) < 4.78 is 1.90. The summed E-state index contributed by atoms with van der Waals surface area (Å²) in [6, 6.07) is 7.61. The van der Waals surface area contributed by atoms with Crippen LogP contribution < -0.4 is 0 Å². The normalized spacial score (nSPS) is 12.3. The second-order valence-corrected chi connectivity index (χ2v) is 4.36. The van der Waals surface area contributed by atoms with Crippen LogP contribution in [0.1, 0.15) is 42.5 Å². The number of hydrogen-bond donors (Lipinski definition) is 0. The Bertz CT molecular complexity index is 519. The molecule has 2 heterocycles. The highest BCUT2D eigenvalue weighted by Crippen LogP contribution is 2.10. The molecular weight excluding hydrogens is 226 g/mol. The van der Waals surface area contributed by atoms with E-state index in [4.69, 9.17) is 0 Å². The molecule has 0 fully saturated rings. The smallest absolute Gasteiger partial charge is 0.187 e. The highest BCUT2D eigenvalue weighted by molar-refractivity contribution is 5.95. The Morgan fingerprint density at radius 3 is 2.89 bits per heavy atom. The van der Waals surface area contributed by atoms with E-state index in [0.29, 0.717) is 18.2 Å². The molecule has 1 atom stereocenters. The van der Waals surface area contributed by atoms with Gasteiger partial charge in [0.15, 0.2) is 5.78 Å². The molecule has 2 aromatic rings. The Balaban J connectivity index is 2.06. The third kappa shape index (κ3) is 2.83. The van der Waals surface area contributed by atoms with Gasteiger partial charge in [0.05, 0.1) is 12.1 Å². The Kier molecular flexibility index (Phi) is 3.87. The third-order valence-corrected chi connectivity index (χ3v) is 3.00. The average Bonchev–Trinajstić information content (AvgIpc) is 2.87. The molecule has 0 aliphatic rings. The van der Waals surface area contributed by atoms with E-state index in [0.717, 1.165) is 12.1 Å². The minimum atomic E-state index is 0.00463.